The van der Waals surface area contributed by atoms with Gasteiger partial charge in [-0.3, -0.25) is 14.4 Å². The van der Waals surface area contributed by atoms with Gasteiger partial charge in [0.25, 0.3) is 0 Å². The molecule has 282 valence electrons. The number of carboxylic acids is 1. The van der Waals surface area contributed by atoms with Crippen LogP contribution < -0.4 is 16.4 Å². The van der Waals surface area contributed by atoms with E-state index in [0.29, 0.717) is 37.1 Å². The van der Waals surface area contributed by atoms with Crippen LogP contribution in [0.2, 0.25) is 15.1 Å². The fourth-order valence-corrected chi connectivity index (χ4v) is 5.48. The van der Waals surface area contributed by atoms with Crippen molar-refractivity contribution in [1.29, 1.82) is 0 Å². The highest BCUT2D eigenvalue weighted by Crippen LogP contribution is 2.27. The van der Waals surface area contributed by atoms with Gasteiger partial charge in [0.2, 0.25) is 0 Å². The van der Waals surface area contributed by atoms with Crippen molar-refractivity contribution in [2.75, 3.05) is 21.1 Å². The lowest BCUT2D eigenvalue weighted by molar-refractivity contribution is -0.133. The van der Waals surface area contributed by atoms with Crippen LogP contribution in [0.1, 0.15) is 40.1 Å². The number of nitrogens with one attached hydrogen (secondary N) is 5. The first kappa shape index (κ1) is 42.6. The third-order valence-electron chi connectivity index (χ3n) is 7.60. The zero-order valence-corrected chi connectivity index (χ0v) is 32.2. The number of hydrogen-bond donors (Lipinski definition) is 8. The van der Waals surface area contributed by atoms with Crippen molar-refractivity contribution in [3.63, 3.8) is 0 Å². The molecule has 0 aliphatic heterocycles. The number of nitrogens with two attached hydrogens (primary N) is 1. The minimum atomic E-state index is -1.19. The van der Waals surface area contributed by atoms with E-state index in [4.69, 9.17) is 39.9 Å². The van der Waals surface area contributed by atoms with Crippen LogP contribution in [0.15, 0.2) is 103 Å². The van der Waals surface area contributed by atoms with Crippen molar-refractivity contribution >= 4 is 96.6 Å². The van der Waals surface area contributed by atoms with E-state index in [1.54, 1.807) is 68.0 Å². The number of likely N-dealkylation sites (N-methyl/N-ethyl adjacent to an activating group) is 1. The second kappa shape index (κ2) is 19.9. The summed E-state index contributed by atoms with van der Waals surface area (Å²) < 4.78 is 0. The van der Waals surface area contributed by atoms with Gasteiger partial charge >= 0.3 is 5.97 Å². The van der Waals surface area contributed by atoms with Gasteiger partial charge in [-0.1, -0.05) is 34.8 Å². The maximum absolute atomic E-state index is 12.1. The molecule has 0 radical (unpaired) electrons. The zero-order chi connectivity index (χ0) is 40.1. The van der Waals surface area contributed by atoms with Crippen LogP contribution >= 0.6 is 34.8 Å². The first-order valence-electron chi connectivity index (χ1n) is 16.1. The van der Waals surface area contributed by atoms with E-state index in [0.717, 1.165) is 39.1 Å². The molecule has 0 saturated carbocycles. The summed E-state index contributed by atoms with van der Waals surface area (Å²) in [6.07, 6.45) is 8.70. The molecule has 15 heteroatoms. The Morgan fingerprint density at radius 1 is 0.611 bits per heavy atom. The first-order valence-corrected chi connectivity index (χ1v) is 17.2. The van der Waals surface area contributed by atoms with Crippen molar-refractivity contribution in [2.45, 2.75) is 13.8 Å². The molecule has 6 aromatic rings. The third-order valence-corrected chi connectivity index (χ3v) is 8.30. The van der Waals surface area contributed by atoms with Gasteiger partial charge in [-0.25, -0.2) is 4.79 Å². The molecule has 54 heavy (non-hydrogen) atoms. The number of aromatic amines is 3. The Bertz CT molecular complexity index is 2400. The van der Waals surface area contributed by atoms with Crippen LogP contribution in [0.4, 0.5) is 0 Å². The molecule has 6 rings (SSSR count). The number of ketones is 3. The maximum atomic E-state index is 12.1. The predicted molar refractivity (Wildman–Crippen MR) is 218 cm³/mol. The topological polar surface area (TPSA) is 206 Å². The summed E-state index contributed by atoms with van der Waals surface area (Å²) >= 11 is 17.7. The number of fused-ring (bicyclic) bond motifs is 3. The number of halogens is 3. The number of rotatable bonds is 9. The normalized spacial score (nSPS) is 11.5. The van der Waals surface area contributed by atoms with Gasteiger partial charge in [0.1, 0.15) is 11.5 Å². The fourth-order valence-electron chi connectivity index (χ4n) is 4.96. The number of hydrogen-bond acceptors (Lipinski definition) is 8. The summed E-state index contributed by atoms with van der Waals surface area (Å²) in [5, 5.41) is 28.0. The molecular weight excluding hydrogens is 755 g/mol. The van der Waals surface area contributed by atoms with Gasteiger partial charge in [-0.15, -0.1) is 0 Å². The highest BCUT2D eigenvalue weighted by atomic mass is 35.5. The molecule has 0 aliphatic carbocycles. The summed E-state index contributed by atoms with van der Waals surface area (Å²) in [7, 11) is 4.73. The van der Waals surface area contributed by atoms with Gasteiger partial charge in [0, 0.05) is 121 Å². The van der Waals surface area contributed by atoms with E-state index in [-0.39, 0.29) is 23.0 Å². The van der Waals surface area contributed by atoms with Crippen LogP contribution in [-0.4, -0.2) is 69.6 Å². The van der Waals surface area contributed by atoms with Crippen molar-refractivity contribution in [1.82, 2.24) is 25.6 Å². The second-order valence-corrected chi connectivity index (χ2v) is 12.5. The van der Waals surface area contributed by atoms with E-state index >= 15 is 0 Å². The number of benzene rings is 3. The largest absolute Gasteiger partial charge is 0.507 e. The smallest absolute Gasteiger partial charge is 0.352 e. The lowest BCUT2D eigenvalue weighted by Gasteiger charge is -2.00. The number of allylic oxidation sites excluding steroid dienone is 4. The monoisotopic (exact) mass is 792 g/mol. The third kappa shape index (κ3) is 11.1. The van der Waals surface area contributed by atoms with E-state index in [1.165, 1.54) is 33.3 Å². The molecule has 12 nitrogen and oxygen atoms in total. The fraction of sp³-hybridized carbons (Fsp3) is 0.128. The number of aliphatic hydroxyl groups excluding tert-OH is 1. The first-order chi connectivity index (χ1) is 25.7. The molecule has 0 spiro atoms. The molecule has 3 aromatic carbocycles. The lowest BCUT2D eigenvalue weighted by atomic mass is 10.1. The van der Waals surface area contributed by atoms with Crippen LogP contribution in [0.25, 0.3) is 38.5 Å². The van der Waals surface area contributed by atoms with Crippen LogP contribution in [0.3, 0.4) is 0 Å². The summed E-state index contributed by atoms with van der Waals surface area (Å²) in [6, 6.07) is 15.9. The Hall–Kier alpha value is -5.79. The summed E-state index contributed by atoms with van der Waals surface area (Å²) in [6.45, 7) is 3.23. The highest BCUT2D eigenvalue weighted by molar-refractivity contribution is 6.32. The van der Waals surface area contributed by atoms with Gasteiger partial charge in [-0.2, -0.15) is 0 Å². The van der Waals surface area contributed by atoms with E-state index < -0.39 is 11.8 Å². The molecule has 0 atom stereocenters. The van der Waals surface area contributed by atoms with Crippen molar-refractivity contribution in [3.05, 3.63) is 135 Å². The number of carboxylic acid groups (broad SMARTS) is 1. The molecule has 9 N–H and O–H groups in total. The number of aliphatic hydroxyl groups is 1. The molecule has 0 fully saturated rings. The van der Waals surface area contributed by atoms with Crippen molar-refractivity contribution in [3.8, 4) is 0 Å². The minimum absolute atomic E-state index is 0.0367. The van der Waals surface area contributed by atoms with Gasteiger partial charge in [0.05, 0.1) is 0 Å². The van der Waals surface area contributed by atoms with Crippen LogP contribution in [-0.2, 0) is 9.59 Å². The summed E-state index contributed by atoms with van der Waals surface area (Å²) in [5.74, 6) is -1.88. The molecule has 0 bridgehead atoms. The molecule has 3 aromatic heterocycles. The Kier molecular flexibility index (Phi) is 15.7. The molecule has 0 unspecified atom stereocenters. The summed E-state index contributed by atoms with van der Waals surface area (Å²) in [4.78, 5) is 54.8. The Morgan fingerprint density at radius 2 is 1.00 bits per heavy atom. The SMILES string of the molecule is CC(=O)C=C(O)c1c[nH]c2ccc(Cl)cc12.CN.CN/C(=C\C(=O)c1c[nH]c2ccc(Cl)cc12)C(=O)O.CN/C(C)=C\C(=O)c1c[nH]c2ccc(Cl)cc12. The van der Waals surface area contributed by atoms with Gasteiger partial charge in [-0.05, 0) is 75.5 Å². The Morgan fingerprint density at radius 3 is 1.37 bits per heavy atom. The Balaban J connectivity index is 0.000000213. The number of carbonyl (C=O) groups is 4. The molecule has 3 heterocycles. The summed E-state index contributed by atoms with van der Waals surface area (Å²) in [5.41, 5.74) is 9.29. The van der Waals surface area contributed by atoms with Crippen LogP contribution in [0.5, 0.6) is 0 Å². The van der Waals surface area contributed by atoms with E-state index in [2.05, 4.69) is 31.3 Å². The number of H-pyrrole nitrogens is 3. The van der Waals surface area contributed by atoms with Crippen molar-refractivity contribution in [2.24, 2.45) is 5.73 Å². The molecule has 0 amide bonds. The molecule has 0 aliphatic rings. The highest BCUT2D eigenvalue weighted by Gasteiger charge is 2.14. The van der Waals surface area contributed by atoms with Gasteiger partial charge < -0.3 is 41.5 Å². The second-order valence-electron chi connectivity index (χ2n) is 11.2. The predicted octanol–water partition coefficient (Wildman–Crippen LogP) is 8.20. The maximum Gasteiger partial charge on any atom is 0.352 e. The van der Waals surface area contributed by atoms with E-state index in [9.17, 15) is 24.3 Å². The van der Waals surface area contributed by atoms with Gasteiger partial charge in [0.15, 0.2) is 17.3 Å². The number of aliphatic carboxylic acids is 1. The quantitative estimate of drug-likeness (QED) is 0.0403. The average Bonchev–Trinajstić information content (AvgIpc) is 3.88. The van der Waals surface area contributed by atoms with Crippen LogP contribution in [0, 0.1) is 0 Å². The lowest BCUT2D eigenvalue weighted by Crippen LogP contribution is -2.17. The molecular formula is C39H39Cl3N6O6. The van der Waals surface area contributed by atoms with Crippen molar-refractivity contribution < 1.29 is 29.4 Å². The minimum Gasteiger partial charge on any atom is -0.507 e. The average molecular weight is 794 g/mol. The zero-order valence-electron chi connectivity index (χ0n) is 29.9. The van der Waals surface area contributed by atoms with E-state index in [1.807, 2.05) is 19.1 Å². The Labute approximate surface area is 325 Å². The number of carbonyl (C=O) groups excluding carboxylic acids is 3. The molecule has 0 saturated heterocycles. The standard InChI is InChI=1S/C13H11ClN2O3.C13H13ClN2O.C12H10ClNO2.CH5N/c1-15-11(13(18)19)5-12(17)9-6-16-10-3-2-7(14)4-8(9)10;1-8(15-2)5-13(17)11-7-16-12-4-3-9(14)6-10(11)12;1-7(15)4-12(16)10-6-14-11-3-2-8(13)5-9(10)11;1-2/h2-6,15-16H,1H3,(H,18,19);3-7,15-16H,1-2H3;2-6,14,16H,1H3;2H2,1H3/b11-5-;8-5-;;. The number of aromatic nitrogens is 3.